The highest BCUT2D eigenvalue weighted by Gasteiger charge is 2.23. The van der Waals surface area contributed by atoms with E-state index in [1.807, 2.05) is 36.4 Å². The van der Waals surface area contributed by atoms with E-state index in [1.165, 1.54) is 0 Å². The van der Waals surface area contributed by atoms with Gasteiger partial charge in [0, 0.05) is 0 Å². The number of benzene rings is 2. The van der Waals surface area contributed by atoms with E-state index in [2.05, 4.69) is 0 Å². The van der Waals surface area contributed by atoms with Gasteiger partial charge in [0.25, 0.3) is 0 Å². The Hall–Kier alpha value is -1.19. The number of para-hydroxylation sites is 2. The molecule has 16 heavy (non-hydrogen) atoms. The van der Waals surface area contributed by atoms with Crippen molar-refractivity contribution in [2.45, 2.75) is 0 Å². The topological polar surface area (TPSA) is 29.5 Å². The molecule has 0 unspecified atom stereocenters. The van der Waals surface area contributed by atoms with Crippen LogP contribution >= 0.6 is 0 Å². The van der Waals surface area contributed by atoms with Gasteiger partial charge in [-0.15, -0.1) is 0 Å². The largest absolute Gasteiger partial charge is 1.46 e. The summed E-state index contributed by atoms with van der Waals surface area (Å²) < 4.78 is 5.99. The lowest BCUT2D eigenvalue weighted by Crippen LogP contribution is -1.94. The maximum atomic E-state index is 8.63. The van der Waals surface area contributed by atoms with E-state index in [-0.39, 0.29) is 0 Å². The summed E-state index contributed by atoms with van der Waals surface area (Å²) in [7, 11) is 0. The van der Waals surface area contributed by atoms with Crippen LogP contribution in [0.25, 0.3) is 0 Å². The molecule has 0 amide bonds. The normalized spacial score (nSPS) is 8.81. The lowest BCUT2D eigenvalue weighted by atomic mass is 10.3. The zero-order chi connectivity index (χ0) is 11.6. The van der Waals surface area contributed by atoms with Crippen molar-refractivity contribution in [2.24, 2.45) is 0 Å². The number of aromatic hydroxyl groups is 1. The van der Waals surface area contributed by atoms with Crippen molar-refractivity contribution in [3.05, 3.63) is 60.7 Å². The second-order valence-corrected chi connectivity index (χ2v) is 3.41. The molecular weight excluding hydrogens is 212 g/mol. The minimum absolute atomic E-state index is 0.322. The average Bonchev–Trinajstić information content (AvgIpc) is 2.33. The Labute approximate surface area is 108 Å². The molecule has 3 heteroatoms. The van der Waals surface area contributed by atoms with Crippen molar-refractivity contribution in [2.75, 3.05) is 4.74 Å². The van der Waals surface area contributed by atoms with E-state index in [0.29, 0.717) is 5.75 Å². The van der Waals surface area contributed by atoms with Gasteiger partial charge in [-0.25, -0.2) is 0 Å². The van der Waals surface area contributed by atoms with Crippen LogP contribution in [0.1, 0.15) is 0 Å². The second-order valence-electron chi connectivity index (χ2n) is 3.00. The van der Waals surface area contributed by atoms with Crippen LogP contribution in [0.15, 0.2) is 60.7 Å². The molecule has 0 aliphatic carbocycles. The Balaban J connectivity index is 0.000000165. The molecule has 0 spiro atoms. The molecule has 0 aliphatic heterocycles. The first-order valence-electron chi connectivity index (χ1n) is 5.04. The van der Waals surface area contributed by atoms with Gasteiger partial charge in [-0.3, -0.25) is 0 Å². The quantitative estimate of drug-likeness (QED) is 0.796. The van der Waals surface area contributed by atoms with Gasteiger partial charge in [-0.1, -0.05) is 36.4 Å². The van der Waals surface area contributed by atoms with Crippen LogP contribution in [0.3, 0.4) is 0 Å². The third-order valence-corrected chi connectivity index (χ3v) is 1.97. The smallest absolute Gasteiger partial charge is 0.508 e. The molecule has 0 aromatic heterocycles. The van der Waals surface area contributed by atoms with Crippen molar-refractivity contribution in [3.8, 4) is 11.5 Å². The van der Waals surface area contributed by atoms with Crippen molar-refractivity contribution in [3.63, 3.8) is 0 Å². The monoisotopic (exact) mass is 225 g/mol. The molecule has 0 aliphatic rings. The fourth-order valence-electron chi connectivity index (χ4n) is 1.06. The molecule has 2 rings (SSSR count). The van der Waals surface area contributed by atoms with Crippen LogP contribution in [-0.2, 0) is 0 Å². The number of ether oxygens (including phenoxy) is 1. The standard InChI is InChI=1S/C7H7O.C6H6O.Mg/c1-8-7-5-3-2-4-6-7;7-6-4-2-1-3-5-6;/h2-6H,1H2;1-5,7H;/q;;+2. The minimum Gasteiger partial charge on any atom is -0.508 e. The van der Waals surface area contributed by atoms with Gasteiger partial charge < -0.3 is 9.84 Å². The fraction of sp³-hybridized carbons (Fsp3) is 0.0769. The highest BCUT2D eigenvalue weighted by molar-refractivity contribution is 6.08. The van der Waals surface area contributed by atoms with Crippen LogP contribution in [-0.4, -0.2) is 31.6 Å². The Morgan fingerprint density at radius 3 is 1.75 bits per heavy atom. The van der Waals surface area contributed by atoms with Gasteiger partial charge >= 0.3 is 26.4 Å². The van der Waals surface area contributed by atoms with E-state index in [1.54, 1.807) is 46.0 Å². The first-order chi connectivity index (χ1) is 7.83. The van der Waals surface area contributed by atoms with Gasteiger partial charge in [0.05, 0.1) is 0 Å². The maximum absolute atomic E-state index is 8.63. The summed E-state index contributed by atoms with van der Waals surface area (Å²) in [6, 6.07) is 18.5. The van der Waals surface area contributed by atoms with Crippen LogP contribution in [0.2, 0.25) is 0 Å². The Morgan fingerprint density at radius 1 is 0.875 bits per heavy atom. The minimum atomic E-state index is 0.322. The second kappa shape index (κ2) is 8.02. The Kier molecular flexibility index (Phi) is 6.45. The summed E-state index contributed by atoms with van der Waals surface area (Å²) in [5.41, 5.74) is 0. The third kappa shape index (κ3) is 5.63. The zero-order valence-corrected chi connectivity index (χ0v) is 10.5. The van der Waals surface area contributed by atoms with Crippen molar-refractivity contribution in [1.82, 2.24) is 0 Å². The van der Waals surface area contributed by atoms with Crippen LogP contribution < -0.4 is 4.74 Å². The predicted octanol–water partition coefficient (Wildman–Crippen LogP) is 2.58. The van der Waals surface area contributed by atoms with Crippen LogP contribution in [0.4, 0.5) is 0 Å². The molecule has 0 atom stereocenters. The number of phenols is 1. The first-order valence-corrected chi connectivity index (χ1v) is 6.04. The van der Waals surface area contributed by atoms with Gasteiger partial charge in [-0.2, -0.15) is 0 Å². The van der Waals surface area contributed by atoms with Crippen LogP contribution in [0, 0.1) is 0 Å². The summed E-state index contributed by atoms with van der Waals surface area (Å²) in [6.45, 7) is 0. The molecule has 77 valence electrons. The van der Waals surface area contributed by atoms with E-state index in [4.69, 9.17) is 9.84 Å². The molecule has 2 nitrogen and oxygen atoms in total. The van der Waals surface area contributed by atoms with E-state index < -0.39 is 0 Å². The molecule has 2 aromatic rings. The highest BCUT2D eigenvalue weighted by Crippen LogP contribution is 2.06. The number of hydrogen-bond donors (Lipinski definition) is 1. The van der Waals surface area contributed by atoms with E-state index >= 15 is 0 Å². The molecule has 7 radical (unpaired) electrons. The molecule has 1 N–H and O–H groups in total. The van der Waals surface area contributed by atoms with Crippen molar-refractivity contribution in [1.29, 1.82) is 0 Å². The highest BCUT2D eigenvalue weighted by atomic mass is 24.4. The Morgan fingerprint density at radius 2 is 1.38 bits per heavy atom. The van der Waals surface area contributed by atoms with Gasteiger partial charge in [0.15, 0.2) is 0 Å². The maximum Gasteiger partial charge on any atom is 1.46 e. The van der Waals surface area contributed by atoms with Gasteiger partial charge in [-0.05, 0) is 24.3 Å². The van der Waals surface area contributed by atoms with E-state index in [9.17, 15) is 0 Å². The molecule has 0 fully saturated rings. The SMILES string of the molecule is Oc1ccccc1.[Mg+2][CH2]Oc1ccccc1. The summed E-state index contributed by atoms with van der Waals surface area (Å²) in [5, 5.41) is 8.63. The summed E-state index contributed by atoms with van der Waals surface area (Å²) in [4.78, 5) is 0. The average molecular weight is 226 g/mol. The summed E-state index contributed by atoms with van der Waals surface area (Å²) in [6.07, 6.45) is 0. The number of phenolic OH excluding ortho intramolecular Hbond substituents is 1. The molecule has 0 bridgehead atoms. The summed E-state index contributed by atoms with van der Waals surface area (Å²) in [5.74, 6) is 1.27. The van der Waals surface area contributed by atoms with Gasteiger partial charge in [0.1, 0.15) is 11.5 Å². The molecule has 0 heterocycles. The third-order valence-electron chi connectivity index (χ3n) is 1.77. The van der Waals surface area contributed by atoms with Crippen molar-refractivity contribution < 1.29 is 9.84 Å². The molecule has 0 saturated carbocycles. The van der Waals surface area contributed by atoms with Crippen LogP contribution in [0.5, 0.6) is 11.5 Å². The fourth-order valence-corrected chi connectivity index (χ4v) is 1.30. The van der Waals surface area contributed by atoms with E-state index in [0.717, 1.165) is 10.5 Å². The molecule has 0 saturated heterocycles. The zero-order valence-electron chi connectivity index (χ0n) is 9.04. The lowest BCUT2D eigenvalue weighted by molar-refractivity contribution is 0.387. The number of hydrogen-bond acceptors (Lipinski definition) is 2. The van der Waals surface area contributed by atoms with Gasteiger partial charge in [0.2, 0.25) is 0 Å². The summed E-state index contributed by atoms with van der Waals surface area (Å²) >= 11 is 1.80. The molecular formula is C13H13MgO2+2. The first kappa shape index (κ1) is 12.9. The Bertz CT molecular complexity index is 376. The lowest BCUT2D eigenvalue weighted by Gasteiger charge is -1.91. The number of rotatable bonds is 2. The predicted molar refractivity (Wildman–Crippen MR) is 65.8 cm³/mol. The van der Waals surface area contributed by atoms with Crippen molar-refractivity contribution >= 4 is 21.7 Å². The molecule has 2 aromatic carbocycles.